The number of Topliss-reactive ketones (excluding diaryl/α,β-unsaturated/α-hetero) is 1. The third-order valence-corrected chi connectivity index (χ3v) is 4.81. The molecule has 0 aliphatic carbocycles. The van der Waals surface area contributed by atoms with Crippen LogP contribution < -0.4 is 10.1 Å². The first-order valence-electron chi connectivity index (χ1n) is 8.84. The molecule has 1 aliphatic heterocycles. The number of carbonyl (C=O) groups excluding carboxylic acids is 2. The molecule has 0 saturated carbocycles. The van der Waals surface area contributed by atoms with Crippen LogP contribution in [0.2, 0.25) is 0 Å². The van der Waals surface area contributed by atoms with Gasteiger partial charge in [0.1, 0.15) is 0 Å². The van der Waals surface area contributed by atoms with Crippen LogP contribution in [-0.2, 0) is 4.79 Å². The molecule has 26 heavy (non-hydrogen) atoms. The lowest BCUT2D eigenvalue weighted by atomic mass is 9.93. The van der Waals surface area contributed by atoms with Crippen molar-refractivity contribution in [1.29, 1.82) is 0 Å². The van der Waals surface area contributed by atoms with E-state index < -0.39 is 5.82 Å². The number of benzene rings is 1. The number of ether oxygens (including phenoxy) is 1. The maximum atomic E-state index is 13.7. The molecule has 1 aliphatic rings. The van der Waals surface area contributed by atoms with Crippen molar-refractivity contribution < 1.29 is 18.7 Å². The zero-order valence-electron chi connectivity index (χ0n) is 15.4. The van der Waals surface area contributed by atoms with Crippen LogP contribution in [0.5, 0.6) is 5.75 Å². The summed E-state index contributed by atoms with van der Waals surface area (Å²) in [6.45, 7) is 2.53. The normalized spacial score (nSPS) is 14.7. The third-order valence-electron chi connectivity index (χ3n) is 4.81. The lowest BCUT2D eigenvalue weighted by Gasteiger charge is -2.32. The van der Waals surface area contributed by atoms with Gasteiger partial charge in [-0.1, -0.05) is 0 Å². The molecule has 1 amide bonds. The Kier molecular flexibility index (Phi) is 9.59. The van der Waals surface area contributed by atoms with E-state index in [1.165, 1.54) is 25.3 Å². The second-order valence-electron chi connectivity index (χ2n) is 6.49. The molecule has 0 aromatic heterocycles. The first-order valence-corrected chi connectivity index (χ1v) is 8.84. The molecule has 1 aromatic rings. The van der Waals surface area contributed by atoms with Gasteiger partial charge in [0.05, 0.1) is 7.11 Å². The maximum absolute atomic E-state index is 13.7. The van der Waals surface area contributed by atoms with E-state index in [2.05, 4.69) is 5.32 Å². The summed E-state index contributed by atoms with van der Waals surface area (Å²) in [5.41, 5.74) is 0.275. The Balaban J connectivity index is 0.00000338. The van der Waals surface area contributed by atoms with Crippen LogP contribution in [0.25, 0.3) is 0 Å². The van der Waals surface area contributed by atoms with Crippen molar-refractivity contribution in [3.63, 3.8) is 0 Å². The van der Waals surface area contributed by atoms with Crippen LogP contribution in [-0.4, -0.2) is 50.4 Å². The van der Waals surface area contributed by atoms with E-state index in [4.69, 9.17) is 4.74 Å². The highest BCUT2D eigenvalue weighted by Gasteiger charge is 2.23. The molecule has 1 heterocycles. The summed E-state index contributed by atoms with van der Waals surface area (Å²) in [7, 11) is 3.32. The Morgan fingerprint density at radius 3 is 2.54 bits per heavy atom. The highest BCUT2D eigenvalue weighted by molar-refractivity contribution is 5.98. The molecular formula is C19H28ClFN2O3. The number of nitrogens with zero attached hydrogens (tertiary/aromatic N) is 1. The maximum Gasteiger partial charge on any atom is 0.223 e. The van der Waals surface area contributed by atoms with Crippen LogP contribution in [0.15, 0.2) is 18.2 Å². The molecule has 1 fully saturated rings. The van der Waals surface area contributed by atoms with Gasteiger partial charge < -0.3 is 15.0 Å². The van der Waals surface area contributed by atoms with Crippen molar-refractivity contribution in [3.05, 3.63) is 29.6 Å². The molecule has 0 atom stereocenters. The van der Waals surface area contributed by atoms with Gasteiger partial charge in [-0.3, -0.25) is 9.59 Å². The molecular weight excluding hydrogens is 359 g/mol. The van der Waals surface area contributed by atoms with Gasteiger partial charge in [-0.15, -0.1) is 12.4 Å². The van der Waals surface area contributed by atoms with Gasteiger partial charge in [0.15, 0.2) is 17.3 Å². The monoisotopic (exact) mass is 386 g/mol. The Bertz CT molecular complexity index is 604. The van der Waals surface area contributed by atoms with Gasteiger partial charge in [0, 0.05) is 31.5 Å². The third kappa shape index (κ3) is 6.25. The average Bonchev–Trinajstić information content (AvgIpc) is 2.64. The number of methoxy groups -OCH3 is 1. The van der Waals surface area contributed by atoms with E-state index in [1.807, 2.05) is 11.9 Å². The van der Waals surface area contributed by atoms with E-state index >= 15 is 0 Å². The Morgan fingerprint density at radius 1 is 1.27 bits per heavy atom. The molecule has 0 unspecified atom stereocenters. The van der Waals surface area contributed by atoms with E-state index in [0.29, 0.717) is 5.92 Å². The summed E-state index contributed by atoms with van der Waals surface area (Å²) in [4.78, 5) is 26.3. The molecule has 2 rings (SSSR count). The summed E-state index contributed by atoms with van der Waals surface area (Å²) in [5, 5.41) is 3.16. The van der Waals surface area contributed by atoms with Gasteiger partial charge in [0.2, 0.25) is 5.91 Å². The van der Waals surface area contributed by atoms with Crippen molar-refractivity contribution in [2.24, 2.45) is 5.92 Å². The minimum absolute atomic E-state index is 0. The van der Waals surface area contributed by atoms with Crippen molar-refractivity contribution >= 4 is 24.1 Å². The number of amides is 1. The standard InChI is InChI=1S/C19H27FN2O3.ClH/c1-21-10-7-14-8-11-22(12-9-14)19(24)6-4-17(23)15-3-5-18(25-2)16(20)13-15;/h3,5,13-14,21H,4,6-12H2,1-2H3;1H. The van der Waals surface area contributed by atoms with E-state index in [0.717, 1.165) is 38.9 Å². The molecule has 146 valence electrons. The van der Waals surface area contributed by atoms with E-state index in [1.54, 1.807) is 0 Å². The predicted molar refractivity (Wildman–Crippen MR) is 102 cm³/mol. The van der Waals surface area contributed by atoms with E-state index in [9.17, 15) is 14.0 Å². The Hall–Kier alpha value is -1.66. The molecule has 0 spiro atoms. The highest BCUT2D eigenvalue weighted by atomic mass is 35.5. The number of carbonyl (C=O) groups is 2. The first kappa shape index (κ1) is 22.4. The number of piperidine rings is 1. The SMILES string of the molecule is CNCCC1CCN(C(=O)CCC(=O)c2ccc(OC)c(F)c2)CC1.Cl. The fourth-order valence-electron chi connectivity index (χ4n) is 3.18. The Labute approximate surface area is 160 Å². The molecule has 7 heteroatoms. The average molecular weight is 387 g/mol. The Morgan fingerprint density at radius 2 is 1.96 bits per heavy atom. The minimum atomic E-state index is -0.566. The number of ketones is 1. The molecule has 1 saturated heterocycles. The van der Waals surface area contributed by atoms with Crippen molar-refractivity contribution in [1.82, 2.24) is 10.2 Å². The fraction of sp³-hybridized carbons (Fsp3) is 0.579. The van der Waals surface area contributed by atoms with Crippen molar-refractivity contribution in [2.45, 2.75) is 32.1 Å². The lowest BCUT2D eigenvalue weighted by molar-refractivity contribution is -0.132. The van der Waals surface area contributed by atoms with Crippen molar-refractivity contribution in [2.75, 3.05) is 33.8 Å². The summed E-state index contributed by atoms with van der Waals surface area (Å²) in [6, 6.07) is 4.13. The van der Waals surface area contributed by atoms with Gasteiger partial charge >= 0.3 is 0 Å². The van der Waals surface area contributed by atoms with Gasteiger partial charge in [-0.05, 0) is 57.0 Å². The summed E-state index contributed by atoms with van der Waals surface area (Å²) in [6.07, 6.45) is 3.45. The van der Waals surface area contributed by atoms with Crippen molar-refractivity contribution in [3.8, 4) is 5.75 Å². The van der Waals surface area contributed by atoms with Crippen LogP contribution in [0.4, 0.5) is 4.39 Å². The molecule has 0 bridgehead atoms. The largest absolute Gasteiger partial charge is 0.494 e. The molecule has 1 N–H and O–H groups in total. The summed E-state index contributed by atoms with van der Waals surface area (Å²) >= 11 is 0. The van der Waals surface area contributed by atoms with Crippen LogP contribution in [0, 0.1) is 11.7 Å². The number of likely N-dealkylation sites (tertiary alicyclic amines) is 1. The van der Waals surface area contributed by atoms with Gasteiger partial charge in [0.25, 0.3) is 0 Å². The first-order chi connectivity index (χ1) is 12.0. The molecule has 5 nitrogen and oxygen atoms in total. The predicted octanol–water partition coefficient (Wildman–Crippen LogP) is 3.07. The minimum Gasteiger partial charge on any atom is -0.494 e. The summed E-state index contributed by atoms with van der Waals surface area (Å²) < 4.78 is 18.5. The molecule has 1 aromatic carbocycles. The van der Waals surface area contributed by atoms with Crippen LogP contribution >= 0.6 is 12.4 Å². The number of hydrogen-bond acceptors (Lipinski definition) is 4. The second-order valence-corrected chi connectivity index (χ2v) is 6.49. The van der Waals surface area contributed by atoms with Crippen LogP contribution in [0.1, 0.15) is 42.5 Å². The van der Waals surface area contributed by atoms with Gasteiger partial charge in [-0.25, -0.2) is 4.39 Å². The number of halogens is 2. The highest BCUT2D eigenvalue weighted by Crippen LogP contribution is 2.22. The number of hydrogen-bond donors (Lipinski definition) is 1. The zero-order valence-corrected chi connectivity index (χ0v) is 16.2. The molecule has 0 radical (unpaired) electrons. The quantitative estimate of drug-likeness (QED) is 0.697. The number of rotatable bonds is 8. The van der Waals surface area contributed by atoms with E-state index in [-0.39, 0.29) is 48.3 Å². The van der Waals surface area contributed by atoms with Crippen LogP contribution in [0.3, 0.4) is 0 Å². The lowest BCUT2D eigenvalue weighted by Crippen LogP contribution is -2.39. The smallest absolute Gasteiger partial charge is 0.223 e. The fourth-order valence-corrected chi connectivity index (χ4v) is 3.18. The zero-order chi connectivity index (χ0) is 18.2. The topological polar surface area (TPSA) is 58.6 Å². The summed E-state index contributed by atoms with van der Waals surface area (Å²) in [5.74, 6) is -0.00861. The number of nitrogens with one attached hydrogen (secondary N) is 1. The van der Waals surface area contributed by atoms with Gasteiger partial charge in [-0.2, -0.15) is 0 Å². The second kappa shape index (κ2) is 11.1.